The van der Waals surface area contributed by atoms with Crippen molar-refractivity contribution in [2.45, 2.75) is 38.5 Å². The van der Waals surface area contributed by atoms with Gasteiger partial charge < -0.3 is 14.4 Å². The van der Waals surface area contributed by atoms with E-state index < -0.39 is 5.97 Å². The maximum atomic E-state index is 11.2. The van der Waals surface area contributed by atoms with Crippen LogP contribution in [0.15, 0.2) is 18.2 Å². The van der Waals surface area contributed by atoms with Crippen LogP contribution in [-0.4, -0.2) is 22.2 Å². The molecule has 0 fully saturated rings. The summed E-state index contributed by atoms with van der Waals surface area (Å²) in [5, 5.41) is 10.3. The quantitative estimate of drug-likeness (QED) is 0.936. The molecule has 0 spiro atoms. The number of hydrogen-bond acceptors (Lipinski definition) is 2. The number of fused-ring (bicyclic) bond motifs is 3. The summed E-state index contributed by atoms with van der Waals surface area (Å²) < 4.78 is 7.82. The minimum Gasteiger partial charge on any atom is -0.494 e. The summed E-state index contributed by atoms with van der Waals surface area (Å²) in [7, 11) is 2.07. The largest absolute Gasteiger partial charge is 0.494 e. The fourth-order valence-corrected chi connectivity index (χ4v) is 3.59. The van der Waals surface area contributed by atoms with E-state index in [1.807, 2.05) is 13.0 Å². The maximum absolute atomic E-state index is 11.2. The molecule has 21 heavy (non-hydrogen) atoms. The van der Waals surface area contributed by atoms with Crippen LogP contribution in [0.4, 0.5) is 0 Å². The Morgan fingerprint density at radius 2 is 2.29 bits per heavy atom. The number of aromatic nitrogens is 1. The van der Waals surface area contributed by atoms with E-state index in [9.17, 15) is 9.90 Å². The van der Waals surface area contributed by atoms with Gasteiger partial charge in [0.05, 0.1) is 13.0 Å². The molecule has 112 valence electrons. The molecule has 0 amide bonds. The first kappa shape index (κ1) is 14.0. The van der Waals surface area contributed by atoms with E-state index in [0.717, 1.165) is 30.4 Å². The van der Waals surface area contributed by atoms with E-state index in [2.05, 4.69) is 23.7 Å². The van der Waals surface area contributed by atoms with Crippen LogP contribution >= 0.6 is 0 Å². The van der Waals surface area contributed by atoms with Crippen LogP contribution in [0.3, 0.4) is 0 Å². The molecule has 3 rings (SSSR count). The second-order valence-corrected chi connectivity index (χ2v) is 5.72. The average molecular weight is 287 g/mol. The van der Waals surface area contributed by atoms with E-state index in [0.29, 0.717) is 6.61 Å². The summed E-state index contributed by atoms with van der Waals surface area (Å²) in [5.41, 5.74) is 3.68. The number of nitrogens with zero attached hydrogens (tertiary/aromatic N) is 1. The van der Waals surface area contributed by atoms with Crippen LogP contribution in [0.2, 0.25) is 0 Å². The molecule has 1 aliphatic rings. The highest BCUT2D eigenvalue weighted by Crippen LogP contribution is 2.41. The van der Waals surface area contributed by atoms with Crippen molar-refractivity contribution in [3.05, 3.63) is 29.5 Å². The number of rotatable bonds is 4. The summed E-state index contributed by atoms with van der Waals surface area (Å²) >= 11 is 0. The molecule has 4 heteroatoms. The fourth-order valence-electron chi connectivity index (χ4n) is 3.59. The normalized spacial score (nSPS) is 17.7. The second-order valence-electron chi connectivity index (χ2n) is 5.72. The third-order valence-electron chi connectivity index (χ3n) is 4.44. The number of hydrogen-bond donors (Lipinski definition) is 1. The van der Waals surface area contributed by atoms with Crippen molar-refractivity contribution >= 4 is 16.9 Å². The first-order valence-electron chi connectivity index (χ1n) is 7.57. The summed E-state index contributed by atoms with van der Waals surface area (Å²) in [6, 6.07) is 6.14. The van der Waals surface area contributed by atoms with Gasteiger partial charge >= 0.3 is 5.97 Å². The van der Waals surface area contributed by atoms with Crippen molar-refractivity contribution in [3.8, 4) is 5.75 Å². The van der Waals surface area contributed by atoms with Gasteiger partial charge in [0.2, 0.25) is 0 Å². The van der Waals surface area contributed by atoms with Gasteiger partial charge in [-0.15, -0.1) is 0 Å². The Morgan fingerprint density at radius 3 is 3.00 bits per heavy atom. The average Bonchev–Trinajstić information content (AvgIpc) is 2.73. The molecule has 1 unspecified atom stereocenters. The van der Waals surface area contributed by atoms with Gasteiger partial charge in [0.15, 0.2) is 0 Å². The van der Waals surface area contributed by atoms with Gasteiger partial charge in [-0.05, 0) is 55.9 Å². The molecule has 2 aromatic rings. The lowest BCUT2D eigenvalue weighted by Gasteiger charge is -2.22. The summed E-state index contributed by atoms with van der Waals surface area (Å²) in [6.07, 6.45) is 3.26. The standard InChI is InChI=1S/C17H21NO3/c1-3-21-12-7-8-14-13(10-12)17-11(9-16(19)20)5-4-6-15(17)18(14)2/h7-8,10-11H,3-6,9H2,1-2H3,(H,19,20). The minimum absolute atomic E-state index is 0.117. The lowest BCUT2D eigenvalue weighted by molar-refractivity contribution is -0.137. The lowest BCUT2D eigenvalue weighted by Crippen LogP contribution is -2.14. The predicted molar refractivity (Wildman–Crippen MR) is 82.0 cm³/mol. The van der Waals surface area contributed by atoms with Gasteiger partial charge in [-0.3, -0.25) is 4.79 Å². The summed E-state index contributed by atoms with van der Waals surface area (Å²) in [6.45, 7) is 2.61. The van der Waals surface area contributed by atoms with Gasteiger partial charge in [0, 0.05) is 23.6 Å². The zero-order chi connectivity index (χ0) is 15.0. The van der Waals surface area contributed by atoms with Crippen molar-refractivity contribution in [1.29, 1.82) is 0 Å². The third-order valence-corrected chi connectivity index (χ3v) is 4.44. The van der Waals surface area contributed by atoms with E-state index in [4.69, 9.17) is 4.74 Å². The molecular weight excluding hydrogens is 266 g/mol. The molecule has 0 saturated carbocycles. The smallest absolute Gasteiger partial charge is 0.303 e. The van der Waals surface area contributed by atoms with E-state index in [-0.39, 0.29) is 12.3 Å². The molecular formula is C17H21NO3. The van der Waals surface area contributed by atoms with Gasteiger partial charge in [0.25, 0.3) is 0 Å². The van der Waals surface area contributed by atoms with Crippen LogP contribution < -0.4 is 4.74 Å². The van der Waals surface area contributed by atoms with Crippen LogP contribution in [-0.2, 0) is 18.3 Å². The molecule has 1 heterocycles. The third kappa shape index (κ3) is 2.39. The zero-order valence-electron chi connectivity index (χ0n) is 12.6. The highest BCUT2D eigenvalue weighted by molar-refractivity contribution is 5.88. The monoisotopic (exact) mass is 287 g/mol. The minimum atomic E-state index is -0.717. The van der Waals surface area contributed by atoms with Crippen molar-refractivity contribution in [3.63, 3.8) is 0 Å². The molecule has 4 nitrogen and oxygen atoms in total. The summed E-state index contributed by atoms with van der Waals surface area (Å²) in [5.74, 6) is 0.260. The molecule has 1 atom stereocenters. The number of aryl methyl sites for hydroxylation is 1. The van der Waals surface area contributed by atoms with Gasteiger partial charge in [-0.1, -0.05) is 0 Å². The number of carboxylic acids is 1. The number of ether oxygens (including phenoxy) is 1. The Bertz CT molecular complexity index is 687. The number of carboxylic acid groups (broad SMARTS) is 1. The lowest BCUT2D eigenvalue weighted by atomic mass is 9.83. The fraction of sp³-hybridized carbons (Fsp3) is 0.471. The molecule has 0 saturated heterocycles. The number of aliphatic carboxylic acids is 1. The molecule has 1 aromatic carbocycles. The van der Waals surface area contributed by atoms with E-state index >= 15 is 0 Å². The SMILES string of the molecule is CCOc1ccc2c(c1)c1c(n2C)CCCC1CC(=O)O. The first-order valence-corrected chi connectivity index (χ1v) is 7.57. The Hall–Kier alpha value is -1.97. The van der Waals surface area contributed by atoms with Crippen LogP contribution in [0.5, 0.6) is 5.75 Å². The molecule has 0 aliphatic heterocycles. The molecule has 1 aliphatic carbocycles. The predicted octanol–water partition coefficient (Wildman–Crippen LogP) is 3.47. The van der Waals surface area contributed by atoms with Gasteiger partial charge in [0.1, 0.15) is 5.75 Å². The Morgan fingerprint density at radius 1 is 1.48 bits per heavy atom. The number of carbonyl (C=O) groups is 1. The molecule has 1 aromatic heterocycles. The van der Waals surface area contributed by atoms with Crippen LogP contribution in [0.1, 0.15) is 43.4 Å². The van der Waals surface area contributed by atoms with E-state index in [1.165, 1.54) is 16.8 Å². The van der Waals surface area contributed by atoms with Gasteiger partial charge in [-0.25, -0.2) is 0 Å². The highest BCUT2D eigenvalue weighted by Gasteiger charge is 2.28. The van der Waals surface area contributed by atoms with E-state index in [1.54, 1.807) is 0 Å². The van der Waals surface area contributed by atoms with Gasteiger partial charge in [-0.2, -0.15) is 0 Å². The summed E-state index contributed by atoms with van der Waals surface area (Å²) in [4.78, 5) is 11.2. The van der Waals surface area contributed by atoms with Crippen molar-refractivity contribution < 1.29 is 14.6 Å². The second kappa shape index (κ2) is 5.43. The Labute approximate surface area is 124 Å². The van der Waals surface area contributed by atoms with Crippen LogP contribution in [0.25, 0.3) is 10.9 Å². The van der Waals surface area contributed by atoms with Crippen LogP contribution in [0, 0.1) is 0 Å². The molecule has 1 N–H and O–H groups in total. The van der Waals surface area contributed by atoms with Crippen molar-refractivity contribution in [1.82, 2.24) is 4.57 Å². The Kier molecular flexibility index (Phi) is 3.62. The number of benzene rings is 1. The molecule has 0 bridgehead atoms. The highest BCUT2D eigenvalue weighted by atomic mass is 16.5. The topological polar surface area (TPSA) is 51.5 Å². The van der Waals surface area contributed by atoms with Crippen molar-refractivity contribution in [2.24, 2.45) is 7.05 Å². The maximum Gasteiger partial charge on any atom is 0.303 e. The first-order chi connectivity index (χ1) is 10.1. The van der Waals surface area contributed by atoms with Crippen molar-refractivity contribution in [2.75, 3.05) is 6.61 Å². The zero-order valence-corrected chi connectivity index (χ0v) is 12.6. The Balaban J connectivity index is 2.16. The molecule has 0 radical (unpaired) electrons.